The number of ether oxygens (including phenoxy) is 1. The van der Waals surface area contributed by atoms with E-state index in [-0.39, 0.29) is 5.56 Å². The molecule has 8 nitrogen and oxygen atoms in total. The number of aromatic nitrogens is 4. The number of nitrogens with one attached hydrogen (secondary N) is 2. The van der Waals surface area contributed by atoms with Crippen LogP contribution in [0.4, 0.5) is 23.2 Å². The fraction of sp³-hybridized carbons (Fsp3) is 0.440. The Bertz CT molecular complexity index is 1270. The molecule has 0 spiro atoms. The monoisotopic (exact) mass is 518 g/mol. The number of tetrazole rings is 1. The predicted octanol–water partition coefficient (Wildman–Crippen LogP) is 4.31. The lowest BCUT2D eigenvalue weighted by atomic mass is 9.93. The molecular formula is C25H26F4N6O2. The van der Waals surface area contributed by atoms with Crippen molar-refractivity contribution in [1.82, 2.24) is 25.5 Å². The van der Waals surface area contributed by atoms with Crippen LogP contribution in [0.2, 0.25) is 0 Å². The Kier molecular flexibility index (Phi) is 6.71. The summed E-state index contributed by atoms with van der Waals surface area (Å²) in [5.74, 6) is -1.08. The number of alkyl halides is 3. The highest BCUT2D eigenvalue weighted by Gasteiger charge is 2.53. The number of aromatic amines is 1. The number of H-pyrrole nitrogens is 1. The number of hydrogen-bond acceptors (Lipinski definition) is 6. The number of nitrogens with zero attached hydrogens (tertiary/aromatic N) is 4. The molecule has 0 radical (unpaired) electrons. The molecule has 196 valence electrons. The van der Waals surface area contributed by atoms with Crippen molar-refractivity contribution in [3.05, 3.63) is 58.9 Å². The Morgan fingerprint density at radius 3 is 2.57 bits per heavy atom. The molecule has 0 atom stereocenters. The average molecular weight is 519 g/mol. The van der Waals surface area contributed by atoms with Gasteiger partial charge in [0.15, 0.2) is 5.82 Å². The van der Waals surface area contributed by atoms with Gasteiger partial charge in [-0.2, -0.15) is 13.2 Å². The lowest BCUT2D eigenvalue weighted by molar-refractivity contribution is -0.137. The maximum atomic E-state index is 14.7. The highest BCUT2D eigenvalue weighted by molar-refractivity contribution is 6.01. The standard InChI is InChI=1S/C25H26F4N6O2/c1-35(18-6-10-37-11-7-18)14-15-2-4-17(13-19(15)22-31-33-34-32-22)30-23(36)24(8-9-24)20-5-3-16(12-21(20)26)25(27,28)29/h2-5,12-13,18H,6-11,14H2,1H3,(H,30,36)(H,31,32,33,34). The maximum absolute atomic E-state index is 14.7. The van der Waals surface area contributed by atoms with Gasteiger partial charge >= 0.3 is 6.18 Å². The quantitative estimate of drug-likeness (QED) is 0.453. The van der Waals surface area contributed by atoms with E-state index in [4.69, 9.17) is 4.74 Å². The third-order valence-corrected chi connectivity index (χ3v) is 7.20. The van der Waals surface area contributed by atoms with Crippen LogP contribution in [0.1, 0.15) is 42.4 Å². The minimum Gasteiger partial charge on any atom is -0.381 e. The second-order valence-electron chi connectivity index (χ2n) is 9.61. The predicted molar refractivity (Wildman–Crippen MR) is 126 cm³/mol. The van der Waals surface area contributed by atoms with Crippen LogP contribution in [-0.4, -0.2) is 57.7 Å². The van der Waals surface area contributed by atoms with Gasteiger partial charge in [0.25, 0.3) is 0 Å². The molecule has 1 aliphatic heterocycles. The second kappa shape index (κ2) is 9.82. The van der Waals surface area contributed by atoms with Gasteiger partial charge in [-0.05, 0) is 73.0 Å². The summed E-state index contributed by atoms with van der Waals surface area (Å²) < 4.78 is 59.0. The summed E-state index contributed by atoms with van der Waals surface area (Å²) in [5, 5.41) is 16.9. The van der Waals surface area contributed by atoms with Crippen molar-refractivity contribution in [2.75, 3.05) is 25.6 Å². The van der Waals surface area contributed by atoms with Crippen LogP contribution in [0.15, 0.2) is 36.4 Å². The minimum absolute atomic E-state index is 0.0348. The van der Waals surface area contributed by atoms with Gasteiger partial charge in [0, 0.05) is 42.6 Å². The molecule has 1 saturated heterocycles. The summed E-state index contributed by atoms with van der Waals surface area (Å²) in [6, 6.07) is 8.06. The van der Waals surface area contributed by atoms with Gasteiger partial charge in [-0.3, -0.25) is 9.69 Å². The Hall–Kier alpha value is -3.38. The summed E-state index contributed by atoms with van der Waals surface area (Å²) in [5.41, 5.74) is -0.228. The molecule has 1 aromatic heterocycles. The van der Waals surface area contributed by atoms with E-state index in [1.165, 1.54) is 0 Å². The number of amides is 1. The van der Waals surface area contributed by atoms with Gasteiger partial charge in [-0.25, -0.2) is 9.49 Å². The Morgan fingerprint density at radius 2 is 1.95 bits per heavy atom. The van der Waals surface area contributed by atoms with Crippen LogP contribution in [0, 0.1) is 5.82 Å². The third kappa shape index (κ3) is 5.21. The molecule has 3 aromatic rings. The highest BCUT2D eigenvalue weighted by atomic mass is 19.4. The Morgan fingerprint density at radius 1 is 1.19 bits per heavy atom. The zero-order valence-electron chi connectivity index (χ0n) is 20.1. The van der Waals surface area contributed by atoms with Gasteiger partial charge in [0.1, 0.15) is 5.82 Å². The molecule has 2 N–H and O–H groups in total. The van der Waals surface area contributed by atoms with E-state index in [1.807, 2.05) is 13.1 Å². The van der Waals surface area contributed by atoms with Crippen LogP contribution in [0.3, 0.4) is 0 Å². The lowest BCUT2D eigenvalue weighted by Gasteiger charge is -2.31. The van der Waals surface area contributed by atoms with Gasteiger partial charge in [0.2, 0.25) is 5.91 Å². The molecule has 1 amide bonds. The van der Waals surface area contributed by atoms with E-state index in [0.717, 1.165) is 43.8 Å². The van der Waals surface area contributed by atoms with Crippen LogP contribution in [0.5, 0.6) is 0 Å². The van der Waals surface area contributed by atoms with Crippen LogP contribution < -0.4 is 5.32 Å². The van der Waals surface area contributed by atoms with Crippen molar-refractivity contribution in [1.29, 1.82) is 0 Å². The van der Waals surface area contributed by atoms with Crippen molar-refractivity contribution < 1.29 is 27.1 Å². The first-order valence-corrected chi connectivity index (χ1v) is 12.0. The molecule has 37 heavy (non-hydrogen) atoms. The Balaban J connectivity index is 1.37. The molecule has 1 saturated carbocycles. The summed E-state index contributed by atoms with van der Waals surface area (Å²) in [4.78, 5) is 15.5. The van der Waals surface area contributed by atoms with Crippen molar-refractivity contribution in [2.45, 2.75) is 49.9 Å². The first-order valence-electron chi connectivity index (χ1n) is 12.0. The van der Waals surface area contributed by atoms with Crippen LogP contribution in [0.25, 0.3) is 11.4 Å². The largest absolute Gasteiger partial charge is 0.416 e. The number of rotatable bonds is 7. The molecule has 1 aliphatic carbocycles. The highest BCUT2D eigenvalue weighted by Crippen LogP contribution is 2.50. The number of benzene rings is 2. The molecule has 0 unspecified atom stereocenters. The first-order chi connectivity index (χ1) is 17.7. The van der Waals surface area contributed by atoms with Crippen LogP contribution >= 0.6 is 0 Å². The van der Waals surface area contributed by atoms with E-state index in [2.05, 4.69) is 30.8 Å². The summed E-state index contributed by atoms with van der Waals surface area (Å²) in [6.45, 7) is 2.07. The molecule has 5 rings (SSSR count). The topological polar surface area (TPSA) is 96.0 Å². The van der Waals surface area contributed by atoms with E-state index in [0.29, 0.717) is 48.6 Å². The van der Waals surface area contributed by atoms with Crippen molar-refractivity contribution in [2.24, 2.45) is 0 Å². The minimum atomic E-state index is -4.66. The molecule has 2 aromatic carbocycles. The van der Waals surface area contributed by atoms with Gasteiger partial charge in [0.05, 0.1) is 11.0 Å². The number of halogens is 4. The number of carbonyl (C=O) groups is 1. The van der Waals surface area contributed by atoms with Gasteiger partial charge < -0.3 is 10.1 Å². The molecular weight excluding hydrogens is 492 g/mol. The Labute approximate surface area is 210 Å². The van der Waals surface area contributed by atoms with Crippen LogP contribution in [-0.2, 0) is 27.7 Å². The molecule has 0 bridgehead atoms. The first kappa shape index (κ1) is 25.3. The van der Waals surface area contributed by atoms with E-state index in [1.54, 1.807) is 12.1 Å². The third-order valence-electron chi connectivity index (χ3n) is 7.20. The number of carbonyl (C=O) groups excluding carboxylic acids is 1. The lowest BCUT2D eigenvalue weighted by Crippen LogP contribution is -2.36. The summed E-state index contributed by atoms with van der Waals surface area (Å²) in [6.07, 6.45) is -2.11. The summed E-state index contributed by atoms with van der Waals surface area (Å²) in [7, 11) is 2.05. The second-order valence-corrected chi connectivity index (χ2v) is 9.61. The molecule has 2 aliphatic rings. The molecule has 2 heterocycles. The van der Waals surface area contributed by atoms with Crippen molar-refractivity contribution in [3.8, 4) is 11.4 Å². The SMILES string of the molecule is CN(Cc1ccc(NC(=O)C2(c3ccc(C(F)(F)F)cc3F)CC2)cc1-c1nnn[nH]1)C1CCOCC1. The number of anilines is 1. The molecule has 2 fully saturated rings. The van der Waals surface area contributed by atoms with Gasteiger partial charge in [-0.1, -0.05) is 12.1 Å². The zero-order valence-corrected chi connectivity index (χ0v) is 20.1. The van der Waals surface area contributed by atoms with E-state index in [9.17, 15) is 22.4 Å². The smallest absolute Gasteiger partial charge is 0.381 e. The summed E-state index contributed by atoms with van der Waals surface area (Å²) >= 11 is 0. The van der Waals surface area contributed by atoms with E-state index < -0.39 is 28.9 Å². The maximum Gasteiger partial charge on any atom is 0.416 e. The fourth-order valence-corrected chi connectivity index (χ4v) is 4.88. The zero-order chi connectivity index (χ0) is 26.2. The van der Waals surface area contributed by atoms with E-state index >= 15 is 0 Å². The normalized spacial score (nSPS) is 17.7. The van der Waals surface area contributed by atoms with Crippen molar-refractivity contribution >= 4 is 11.6 Å². The number of hydrogen-bond donors (Lipinski definition) is 2. The van der Waals surface area contributed by atoms with Crippen molar-refractivity contribution in [3.63, 3.8) is 0 Å². The van der Waals surface area contributed by atoms with Gasteiger partial charge in [-0.15, -0.1) is 5.10 Å². The fourth-order valence-electron chi connectivity index (χ4n) is 4.88. The molecule has 12 heteroatoms. The average Bonchev–Trinajstić information content (AvgIpc) is 3.50.